The highest BCUT2D eigenvalue weighted by Crippen LogP contribution is 2.20. The molecule has 0 fully saturated rings. The Morgan fingerprint density at radius 1 is 1.17 bits per heavy atom. The van der Waals surface area contributed by atoms with Gasteiger partial charge in [0.25, 0.3) is 11.5 Å². The van der Waals surface area contributed by atoms with Crippen molar-refractivity contribution in [2.45, 2.75) is 6.42 Å². The third-order valence-corrected chi connectivity index (χ3v) is 4.06. The standard InChI is InChI=1S/C19H15N7O3/c1-26-17(27)7-6-14(24-26)19(28)22-13-5-3-2-4-12(13)10-16-23-18(25-29-16)15-11-20-8-9-21-15/h2-9,11H,10H2,1H3,(H,22,28). The van der Waals surface area contributed by atoms with Crippen molar-refractivity contribution >= 4 is 11.6 Å². The molecule has 10 heteroatoms. The molecule has 1 N–H and O–H groups in total. The van der Waals surface area contributed by atoms with Crippen molar-refractivity contribution in [2.24, 2.45) is 7.05 Å². The molecule has 10 nitrogen and oxygen atoms in total. The van der Waals surface area contributed by atoms with Crippen LogP contribution in [0.15, 0.2) is 64.3 Å². The smallest absolute Gasteiger partial charge is 0.276 e. The number of carbonyl (C=O) groups is 1. The van der Waals surface area contributed by atoms with Crippen molar-refractivity contribution in [1.29, 1.82) is 0 Å². The molecule has 4 aromatic rings. The average Bonchev–Trinajstić information content (AvgIpc) is 3.21. The summed E-state index contributed by atoms with van der Waals surface area (Å²) in [4.78, 5) is 36.4. The Labute approximate surface area is 164 Å². The molecular weight excluding hydrogens is 374 g/mol. The van der Waals surface area contributed by atoms with Gasteiger partial charge in [-0.25, -0.2) is 9.67 Å². The molecule has 0 saturated carbocycles. The van der Waals surface area contributed by atoms with Crippen LogP contribution in [0, 0.1) is 0 Å². The number of aryl methyl sites for hydroxylation is 1. The third-order valence-electron chi connectivity index (χ3n) is 4.06. The second kappa shape index (κ2) is 7.80. The Hall–Kier alpha value is -4.21. The summed E-state index contributed by atoms with van der Waals surface area (Å²) < 4.78 is 6.41. The number of anilines is 1. The summed E-state index contributed by atoms with van der Waals surface area (Å²) >= 11 is 0. The van der Waals surface area contributed by atoms with Crippen LogP contribution in [-0.4, -0.2) is 35.8 Å². The van der Waals surface area contributed by atoms with E-state index >= 15 is 0 Å². The number of nitrogens with one attached hydrogen (secondary N) is 1. The lowest BCUT2D eigenvalue weighted by atomic mass is 10.1. The fourth-order valence-electron chi connectivity index (χ4n) is 2.61. The van der Waals surface area contributed by atoms with Gasteiger partial charge in [0, 0.05) is 31.2 Å². The van der Waals surface area contributed by atoms with Gasteiger partial charge in [-0.2, -0.15) is 10.1 Å². The lowest BCUT2D eigenvalue weighted by molar-refractivity contribution is 0.102. The fraction of sp³-hybridized carbons (Fsp3) is 0.105. The molecule has 0 aliphatic carbocycles. The number of amides is 1. The van der Waals surface area contributed by atoms with E-state index < -0.39 is 5.91 Å². The Bertz CT molecular complexity index is 1220. The highest BCUT2D eigenvalue weighted by atomic mass is 16.5. The van der Waals surface area contributed by atoms with E-state index in [2.05, 4.69) is 30.5 Å². The van der Waals surface area contributed by atoms with E-state index in [9.17, 15) is 9.59 Å². The third kappa shape index (κ3) is 4.05. The maximum atomic E-state index is 12.5. The zero-order valence-electron chi connectivity index (χ0n) is 15.3. The molecule has 0 radical (unpaired) electrons. The van der Waals surface area contributed by atoms with Crippen molar-refractivity contribution in [3.8, 4) is 11.5 Å². The predicted octanol–water partition coefficient (Wildman–Crippen LogP) is 1.46. The quantitative estimate of drug-likeness (QED) is 0.543. The van der Waals surface area contributed by atoms with Crippen LogP contribution in [0.5, 0.6) is 0 Å². The van der Waals surface area contributed by atoms with Crippen LogP contribution >= 0.6 is 0 Å². The molecule has 3 heterocycles. The minimum Gasteiger partial charge on any atom is -0.339 e. The van der Waals surface area contributed by atoms with E-state index in [0.29, 0.717) is 29.5 Å². The summed E-state index contributed by atoms with van der Waals surface area (Å²) in [5.74, 6) is 0.274. The maximum absolute atomic E-state index is 12.5. The van der Waals surface area contributed by atoms with Crippen molar-refractivity contribution in [2.75, 3.05) is 5.32 Å². The molecule has 0 saturated heterocycles. The van der Waals surface area contributed by atoms with E-state index in [1.54, 1.807) is 30.7 Å². The zero-order valence-corrected chi connectivity index (χ0v) is 15.3. The Balaban J connectivity index is 1.54. The van der Waals surface area contributed by atoms with Crippen LogP contribution in [0.3, 0.4) is 0 Å². The van der Waals surface area contributed by atoms with E-state index in [1.165, 1.54) is 19.2 Å². The summed E-state index contributed by atoms with van der Waals surface area (Å²) in [5.41, 5.74) is 1.69. The highest BCUT2D eigenvalue weighted by molar-refractivity contribution is 6.03. The first-order chi connectivity index (χ1) is 14.1. The fourth-order valence-corrected chi connectivity index (χ4v) is 2.61. The molecule has 0 aliphatic rings. The van der Waals surface area contributed by atoms with Crippen LogP contribution in [0.25, 0.3) is 11.5 Å². The minimum absolute atomic E-state index is 0.129. The molecule has 0 spiro atoms. The van der Waals surface area contributed by atoms with Gasteiger partial charge < -0.3 is 9.84 Å². The number of benzene rings is 1. The lowest BCUT2D eigenvalue weighted by Gasteiger charge is -2.09. The van der Waals surface area contributed by atoms with Crippen LogP contribution in [-0.2, 0) is 13.5 Å². The Morgan fingerprint density at radius 3 is 2.83 bits per heavy atom. The maximum Gasteiger partial charge on any atom is 0.276 e. The van der Waals surface area contributed by atoms with Crippen LogP contribution in [0.1, 0.15) is 21.9 Å². The summed E-state index contributed by atoms with van der Waals surface area (Å²) in [6, 6.07) is 9.92. The molecule has 0 unspecified atom stereocenters. The van der Waals surface area contributed by atoms with Gasteiger partial charge in [-0.15, -0.1) is 0 Å². The van der Waals surface area contributed by atoms with Gasteiger partial charge in [0.05, 0.1) is 12.6 Å². The molecular formula is C19H15N7O3. The molecule has 0 aliphatic heterocycles. The SMILES string of the molecule is Cn1nc(C(=O)Nc2ccccc2Cc2nc(-c3cnccn3)no2)ccc1=O. The molecule has 1 aromatic carbocycles. The summed E-state index contributed by atoms with van der Waals surface area (Å²) in [7, 11) is 1.48. The summed E-state index contributed by atoms with van der Waals surface area (Å²) in [6.07, 6.45) is 4.96. The number of para-hydroxylation sites is 1. The topological polar surface area (TPSA) is 129 Å². The van der Waals surface area contributed by atoms with Crippen molar-refractivity contribution < 1.29 is 9.32 Å². The molecule has 1 amide bonds. The van der Waals surface area contributed by atoms with Gasteiger partial charge in [-0.05, 0) is 17.7 Å². The van der Waals surface area contributed by atoms with Gasteiger partial charge in [0.1, 0.15) is 11.4 Å². The lowest BCUT2D eigenvalue weighted by Crippen LogP contribution is -2.23. The minimum atomic E-state index is -0.432. The Kier molecular flexibility index (Phi) is 4.89. The number of nitrogens with zero attached hydrogens (tertiary/aromatic N) is 6. The first-order valence-electron chi connectivity index (χ1n) is 8.63. The van der Waals surface area contributed by atoms with Gasteiger partial charge in [0.15, 0.2) is 0 Å². The van der Waals surface area contributed by atoms with Crippen LogP contribution in [0.4, 0.5) is 5.69 Å². The monoisotopic (exact) mass is 389 g/mol. The molecule has 4 rings (SSSR count). The summed E-state index contributed by atoms with van der Waals surface area (Å²) in [6.45, 7) is 0. The summed E-state index contributed by atoms with van der Waals surface area (Å²) in [5, 5.41) is 10.7. The van der Waals surface area contributed by atoms with E-state index in [4.69, 9.17) is 4.52 Å². The average molecular weight is 389 g/mol. The molecule has 29 heavy (non-hydrogen) atoms. The Morgan fingerprint density at radius 2 is 2.03 bits per heavy atom. The molecule has 0 bridgehead atoms. The van der Waals surface area contributed by atoms with Crippen LogP contribution in [0.2, 0.25) is 0 Å². The number of hydrogen-bond donors (Lipinski definition) is 1. The molecule has 0 atom stereocenters. The first kappa shape index (κ1) is 18.2. The van der Waals surface area contributed by atoms with E-state index in [1.807, 2.05) is 12.1 Å². The van der Waals surface area contributed by atoms with E-state index in [0.717, 1.165) is 10.2 Å². The highest BCUT2D eigenvalue weighted by Gasteiger charge is 2.15. The van der Waals surface area contributed by atoms with Crippen molar-refractivity contribution in [3.05, 3.63) is 82.5 Å². The number of aromatic nitrogens is 6. The van der Waals surface area contributed by atoms with Gasteiger partial charge in [-0.3, -0.25) is 14.6 Å². The first-order valence-corrected chi connectivity index (χ1v) is 8.63. The van der Waals surface area contributed by atoms with Gasteiger partial charge in [0.2, 0.25) is 11.7 Å². The zero-order chi connectivity index (χ0) is 20.2. The second-order valence-corrected chi connectivity index (χ2v) is 6.07. The normalized spacial score (nSPS) is 10.7. The molecule has 144 valence electrons. The second-order valence-electron chi connectivity index (χ2n) is 6.07. The van der Waals surface area contributed by atoms with E-state index in [-0.39, 0.29) is 11.3 Å². The predicted molar refractivity (Wildman–Crippen MR) is 102 cm³/mol. The molecule has 3 aromatic heterocycles. The number of carbonyl (C=O) groups excluding carboxylic acids is 1. The van der Waals surface area contributed by atoms with Gasteiger partial charge >= 0.3 is 0 Å². The van der Waals surface area contributed by atoms with Crippen molar-refractivity contribution in [1.82, 2.24) is 29.9 Å². The largest absolute Gasteiger partial charge is 0.339 e. The number of rotatable bonds is 5. The van der Waals surface area contributed by atoms with Gasteiger partial charge in [-0.1, -0.05) is 23.4 Å². The number of hydrogen-bond acceptors (Lipinski definition) is 8. The van der Waals surface area contributed by atoms with Crippen molar-refractivity contribution in [3.63, 3.8) is 0 Å². The van der Waals surface area contributed by atoms with Crippen LogP contribution < -0.4 is 10.9 Å².